The highest BCUT2D eigenvalue weighted by Gasteiger charge is 2.54. The number of esters is 2. The number of carbonyl (C=O) groups is 4. The van der Waals surface area contributed by atoms with E-state index in [4.69, 9.17) is 37.9 Å². The van der Waals surface area contributed by atoms with Crippen LogP contribution in [0.3, 0.4) is 0 Å². The molecule has 5 heterocycles. The van der Waals surface area contributed by atoms with Crippen LogP contribution in [0.1, 0.15) is 58.6 Å². The molecule has 9 rings (SSSR count). The second-order valence-corrected chi connectivity index (χ2v) is 23.4. The molecule has 89 heavy (non-hydrogen) atoms. The number of carbonyl (C=O) groups excluding carboxylic acids is 4. The number of para-hydroxylation sites is 2. The third-order valence-electron chi connectivity index (χ3n) is 17.1. The van der Waals surface area contributed by atoms with Crippen LogP contribution >= 0.6 is 0 Å². The summed E-state index contributed by atoms with van der Waals surface area (Å²) in [6, 6.07) is 14.9. The standard InChI is InChI=1S/C62H72N4O23/c1-32-44(30-83-48(70)23-25-63-39-13-9-7-11-37(39)61(2,3)46(63)21-15-33-27-35(65(78)79)17-19-41(33)68)86-59(53(75)50(32)72)88-56-43(29-67)85-60(55(77)52(56)74)89-57-45(87-58(82-6)54(76)51(57)73)31-84-49(71)24-26-64-40-14-10-8-12-38(40)62(4,5)47(64)22-16-34-28-36(66(80)81)18-20-42(34)69/h7-22,27-28,32,43-45,50-60,67,72-77H,23-26,29-31H2,1-6H3/t32-,43?,44+,45+,50?,51?,52-,53?,54?,55?,56-,57-,58-,59+,60+/m1/s1. The molecule has 5 aliphatic heterocycles. The van der Waals surface area contributed by atoms with E-state index in [9.17, 15) is 75.2 Å². The number of hydrogen-bond acceptors (Lipinski definition) is 25. The SMILES string of the molecule is CO[C@@H]1O[C@@H](COC(=O)CCN2C(=CC=C3C=C([N+](=O)[O-])C=CC3=O)C(C)(C)c3ccccc32)[C@@H](O[C@@H]2OC(CO)[C@@H](O[C@@H]3O[C@@H](COC(=O)CCN4C(=CC=C5C=C([N+](=O)[O-])C=CC5=O)C(C)(C)c5ccccc54)[C@@H](C)C(O)C3O)[C@H](O)C2O)C(O)C1O. The molecule has 27 nitrogen and oxygen atoms in total. The predicted molar refractivity (Wildman–Crippen MR) is 311 cm³/mol. The molecule has 0 spiro atoms. The van der Waals surface area contributed by atoms with Gasteiger partial charge in [-0.1, -0.05) is 71.0 Å². The van der Waals surface area contributed by atoms with Crippen molar-refractivity contribution in [3.8, 4) is 0 Å². The van der Waals surface area contributed by atoms with Crippen molar-refractivity contribution in [3.63, 3.8) is 0 Å². The molecule has 3 saturated heterocycles. The van der Waals surface area contributed by atoms with Crippen LogP contribution in [0, 0.1) is 26.1 Å². The Morgan fingerprint density at radius 2 is 0.989 bits per heavy atom. The number of rotatable bonds is 20. The van der Waals surface area contributed by atoms with E-state index in [2.05, 4.69) is 0 Å². The Bertz CT molecular complexity index is 3330. The first-order chi connectivity index (χ1) is 42.3. The molecule has 2 aromatic carbocycles. The van der Waals surface area contributed by atoms with E-state index in [1.165, 1.54) is 38.3 Å². The van der Waals surface area contributed by atoms with Crippen LogP contribution in [0.2, 0.25) is 0 Å². The number of aliphatic hydroxyl groups excluding tert-OH is 7. The Balaban J connectivity index is 0.822. The van der Waals surface area contributed by atoms with E-state index >= 15 is 0 Å². The first-order valence-corrected chi connectivity index (χ1v) is 28.8. The summed E-state index contributed by atoms with van der Waals surface area (Å²) in [5.41, 5.74) is 3.07. The fourth-order valence-electron chi connectivity index (χ4n) is 12.0. The maximum absolute atomic E-state index is 13.6. The summed E-state index contributed by atoms with van der Waals surface area (Å²) in [6.07, 6.45) is -11.0. The van der Waals surface area contributed by atoms with Gasteiger partial charge in [0.15, 0.2) is 30.4 Å². The highest BCUT2D eigenvalue weighted by Crippen LogP contribution is 2.49. The number of methoxy groups -OCH3 is 1. The van der Waals surface area contributed by atoms with E-state index in [0.717, 1.165) is 46.8 Å². The Labute approximate surface area is 510 Å². The summed E-state index contributed by atoms with van der Waals surface area (Å²) in [5.74, 6) is -3.18. The highest BCUT2D eigenvalue weighted by molar-refractivity contribution is 6.08. The lowest BCUT2D eigenvalue weighted by Gasteiger charge is -2.48. The largest absolute Gasteiger partial charge is 0.463 e. The van der Waals surface area contributed by atoms with Crippen LogP contribution in [0.25, 0.3) is 0 Å². The molecule has 478 valence electrons. The lowest BCUT2D eigenvalue weighted by molar-refractivity contribution is -0.419. The molecule has 7 aliphatic rings. The summed E-state index contributed by atoms with van der Waals surface area (Å²) in [7, 11) is 1.18. The number of fused-ring (bicyclic) bond motifs is 2. The van der Waals surface area contributed by atoms with Gasteiger partial charge >= 0.3 is 11.9 Å². The molecule has 0 amide bonds. The summed E-state index contributed by atoms with van der Waals surface area (Å²) < 4.78 is 46.3. The van der Waals surface area contributed by atoms with Crippen molar-refractivity contribution in [1.29, 1.82) is 0 Å². The van der Waals surface area contributed by atoms with Crippen molar-refractivity contribution >= 4 is 34.9 Å². The zero-order valence-corrected chi connectivity index (χ0v) is 49.5. The summed E-state index contributed by atoms with van der Waals surface area (Å²) in [4.78, 5) is 78.0. The van der Waals surface area contributed by atoms with Gasteiger partial charge in [0.2, 0.25) is 0 Å². The van der Waals surface area contributed by atoms with Gasteiger partial charge < -0.3 is 83.4 Å². The third kappa shape index (κ3) is 13.7. The van der Waals surface area contributed by atoms with Crippen molar-refractivity contribution in [2.75, 3.05) is 49.8 Å². The number of ether oxygens (including phenoxy) is 8. The zero-order valence-electron chi connectivity index (χ0n) is 49.5. The van der Waals surface area contributed by atoms with Crippen LogP contribution in [0.4, 0.5) is 11.4 Å². The van der Waals surface area contributed by atoms with E-state index in [1.54, 1.807) is 12.2 Å². The lowest BCUT2D eigenvalue weighted by atomic mass is 9.83. The van der Waals surface area contributed by atoms with Gasteiger partial charge in [0, 0.05) is 95.2 Å². The molecule has 0 saturated carbocycles. The number of nitro groups is 2. The van der Waals surface area contributed by atoms with Crippen LogP contribution in [0.15, 0.2) is 143 Å². The fraction of sp³-hybridized carbons (Fsp3) is 0.484. The van der Waals surface area contributed by atoms with Crippen LogP contribution < -0.4 is 9.80 Å². The molecule has 0 bridgehead atoms. The first-order valence-electron chi connectivity index (χ1n) is 28.8. The zero-order chi connectivity index (χ0) is 64.4. The van der Waals surface area contributed by atoms with Crippen molar-refractivity contribution in [2.45, 2.75) is 144 Å². The lowest BCUT2D eigenvalue weighted by Crippen LogP contribution is -2.66. The maximum Gasteiger partial charge on any atom is 0.307 e. The number of anilines is 2. The molecule has 0 aromatic heterocycles. The minimum absolute atomic E-state index is 0.0454. The van der Waals surface area contributed by atoms with Gasteiger partial charge in [-0.15, -0.1) is 0 Å². The van der Waals surface area contributed by atoms with Crippen molar-refractivity contribution in [1.82, 2.24) is 0 Å². The number of ketones is 2. The summed E-state index contributed by atoms with van der Waals surface area (Å²) in [6.45, 7) is 7.48. The number of hydrogen-bond donors (Lipinski definition) is 7. The fourth-order valence-corrected chi connectivity index (χ4v) is 12.0. The van der Waals surface area contributed by atoms with Crippen LogP contribution in [0.5, 0.6) is 0 Å². The molecule has 27 heteroatoms. The monoisotopic (exact) mass is 1240 g/mol. The summed E-state index contributed by atoms with van der Waals surface area (Å²) >= 11 is 0. The molecule has 3 fully saturated rings. The van der Waals surface area contributed by atoms with Gasteiger partial charge in [-0.05, 0) is 59.7 Å². The number of benzene rings is 2. The van der Waals surface area contributed by atoms with Gasteiger partial charge in [-0.3, -0.25) is 39.4 Å². The van der Waals surface area contributed by atoms with E-state index in [1.807, 2.05) is 86.0 Å². The Hall–Kier alpha value is -7.48. The number of aliphatic hydroxyl groups is 7. The maximum atomic E-state index is 13.6. The minimum atomic E-state index is -2.06. The Kier molecular flexibility index (Phi) is 20.2. The van der Waals surface area contributed by atoms with Crippen molar-refractivity contribution in [2.24, 2.45) is 5.92 Å². The molecule has 7 N–H and O–H groups in total. The molecule has 6 unspecified atom stereocenters. The predicted octanol–water partition coefficient (Wildman–Crippen LogP) is 2.05. The molecular formula is C62H72N4O23. The van der Waals surface area contributed by atoms with Gasteiger partial charge in [0.25, 0.3) is 11.4 Å². The van der Waals surface area contributed by atoms with Crippen LogP contribution in [-0.2, 0) is 67.9 Å². The second-order valence-electron chi connectivity index (χ2n) is 23.4. The molecule has 0 radical (unpaired) electrons. The topological polar surface area (TPSA) is 376 Å². The quantitative estimate of drug-likeness (QED) is 0.0432. The number of allylic oxidation sites excluding steroid dienone is 14. The van der Waals surface area contributed by atoms with E-state index in [0.29, 0.717) is 11.4 Å². The normalized spacial score (nSPS) is 33.1. The molecule has 15 atom stereocenters. The van der Waals surface area contributed by atoms with Crippen LogP contribution in [-0.4, -0.2) is 195 Å². The Morgan fingerprint density at radius 1 is 0.584 bits per heavy atom. The second kappa shape index (κ2) is 27.3. The minimum Gasteiger partial charge on any atom is -0.463 e. The third-order valence-corrected chi connectivity index (χ3v) is 17.1. The van der Waals surface area contributed by atoms with Gasteiger partial charge in [0.05, 0.1) is 41.5 Å². The van der Waals surface area contributed by atoms with Crippen molar-refractivity contribution < 1.29 is 103 Å². The van der Waals surface area contributed by atoms with E-state index in [-0.39, 0.29) is 48.5 Å². The van der Waals surface area contributed by atoms with Gasteiger partial charge in [0.1, 0.15) is 68.1 Å². The molecule has 2 aliphatic carbocycles. The summed E-state index contributed by atoms with van der Waals surface area (Å²) in [5, 5.41) is 102. The highest BCUT2D eigenvalue weighted by atomic mass is 16.8. The first kappa shape index (κ1) is 66.0. The molecule has 2 aromatic rings. The van der Waals surface area contributed by atoms with E-state index < -0.39 is 156 Å². The average molecular weight is 1240 g/mol. The average Bonchev–Trinajstić information content (AvgIpc) is 1.83. The van der Waals surface area contributed by atoms with Crippen molar-refractivity contribution in [3.05, 3.63) is 175 Å². The van der Waals surface area contributed by atoms with Gasteiger partial charge in [-0.25, -0.2) is 0 Å². The molecular weight excluding hydrogens is 1170 g/mol. The number of nitrogens with zero attached hydrogens (tertiary/aromatic N) is 4. The Morgan fingerprint density at radius 3 is 1.44 bits per heavy atom. The van der Waals surface area contributed by atoms with Gasteiger partial charge in [-0.2, -0.15) is 0 Å². The smallest absolute Gasteiger partial charge is 0.307 e.